The van der Waals surface area contributed by atoms with E-state index in [2.05, 4.69) is 36.4 Å². The number of anilines is 1. The number of alkyl carbamates (subject to hydrolysis) is 1. The fourth-order valence-corrected chi connectivity index (χ4v) is 12.8. The Balaban J connectivity index is 1.10. The van der Waals surface area contributed by atoms with Crippen LogP contribution in [0.1, 0.15) is 53.7 Å². The van der Waals surface area contributed by atoms with Gasteiger partial charge in [-0.2, -0.15) is 4.98 Å². The summed E-state index contributed by atoms with van der Waals surface area (Å²) < 4.78 is 13.8. The molecule has 0 bridgehead atoms. The first-order chi connectivity index (χ1) is 30.4. The summed E-state index contributed by atoms with van der Waals surface area (Å²) in [6, 6.07) is 44.3. The quantitative estimate of drug-likeness (QED) is 0.0986. The largest absolute Gasteiger partial charge is 0.480 e. The molecule has 1 aliphatic rings. The second-order valence-electron chi connectivity index (χ2n) is 16.3. The maximum Gasteiger partial charge on any atom is 0.407 e. The minimum absolute atomic E-state index is 0.0369. The molecule has 0 fully saturated rings. The molecule has 0 saturated heterocycles. The Morgan fingerprint density at radius 3 is 1.87 bits per heavy atom. The Morgan fingerprint density at radius 1 is 0.778 bits per heavy atom. The van der Waals surface area contributed by atoms with Crippen molar-refractivity contribution in [3.8, 4) is 11.1 Å². The van der Waals surface area contributed by atoms with Crippen LogP contribution in [0.2, 0.25) is 5.04 Å². The maximum absolute atomic E-state index is 13.8. The maximum atomic E-state index is 13.8. The standard InChI is InChI=1S/C49H49N5O8Si/c1-49(2,3)63(36-19-9-5-10-20-36,37-21-11-6-12-22-37)62-32-35-29-54(47(59)52-45(35)51-46(58)34-17-7-4-8-18-34)30-43(55)53(31-44(56)57)28-27-50-48(60)61-33-42-40-25-15-13-23-38(40)39-24-14-16-26-41(39)42/h4-26,29,42H,27-28,30-33H2,1-3H3,(H,50,60)(H,56,57)(H,51,52,58,59). The molecular formula is C49H49N5O8Si. The van der Waals surface area contributed by atoms with Crippen molar-refractivity contribution in [1.29, 1.82) is 0 Å². The van der Waals surface area contributed by atoms with Gasteiger partial charge in [0.15, 0.2) is 0 Å². The summed E-state index contributed by atoms with van der Waals surface area (Å²) in [7, 11) is -3.14. The molecule has 3 N–H and O–H groups in total. The molecule has 1 heterocycles. The molecule has 322 valence electrons. The number of carboxylic acid groups (broad SMARTS) is 1. The van der Waals surface area contributed by atoms with Gasteiger partial charge in [0, 0.05) is 36.3 Å². The first-order valence-corrected chi connectivity index (χ1v) is 22.6. The van der Waals surface area contributed by atoms with Crippen LogP contribution in [0.5, 0.6) is 0 Å². The lowest BCUT2D eigenvalue weighted by atomic mass is 9.98. The zero-order valence-corrected chi connectivity index (χ0v) is 36.3. The van der Waals surface area contributed by atoms with Crippen LogP contribution in [0.3, 0.4) is 0 Å². The van der Waals surface area contributed by atoms with Crippen molar-refractivity contribution in [2.24, 2.45) is 0 Å². The summed E-state index contributed by atoms with van der Waals surface area (Å²) in [4.78, 5) is 71.0. The number of aromatic nitrogens is 2. The molecule has 0 unspecified atom stereocenters. The third kappa shape index (κ3) is 9.82. The number of aliphatic carboxylic acids is 1. The van der Waals surface area contributed by atoms with Crippen molar-refractivity contribution < 1.29 is 33.4 Å². The van der Waals surface area contributed by atoms with Crippen LogP contribution in [0.4, 0.5) is 10.6 Å². The molecule has 0 aliphatic heterocycles. The second kappa shape index (κ2) is 19.3. The number of rotatable bonds is 16. The lowest BCUT2D eigenvalue weighted by Crippen LogP contribution is -2.66. The van der Waals surface area contributed by atoms with Gasteiger partial charge in [-0.05, 0) is 49.8 Å². The second-order valence-corrected chi connectivity index (χ2v) is 20.6. The van der Waals surface area contributed by atoms with Crippen LogP contribution in [0.15, 0.2) is 151 Å². The van der Waals surface area contributed by atoms with Gasteiger partial charge in [-0.3, -0.25) is 19.0 Å². The fourth-order valence-electron chi connectivity index (χ4n) is 8.22. The zero-order chi connectivity index (χ0) is 44.6. The summed E-state index contributed by atoms with van der Waals surface area (Å²) in [5.41, 5.74) is 4.09. The highest BCUT2D eigenvalue weighted by Crippen LogP contribution is 2.44. The molecule has 0 spiro atoms. The smallest absolute Gasteiger partial charge is 0.407 e. The van der Waals surface area contributed by atoms with Gasteiger partial charge in [-0.25, -0.2) is 9.59 Å². The molecule has 14 heteroatoms. The third-order valence-electron chi connectivity index (χ3n) is 11.2. The lowest BCUT2D eigenvalue weighted by Gasteiger charge is -2.43. The first-order valence-electron chi connectivity index (χ1n) is 20.7. The summed E-state index contributed by atoms with van der Waals surface area (Å²) in [6.07, 6.45) is 0.693. The molecule has 5 aromatic carbocycles. The van der Waals surface area contributed by atoms with E-state index in [0.717, 1.165) is 42.1 Å². The highest BCUT2D eigenvalue weighted by molar-refractivity contribution is 6.99. The molecule has 63 heavy (non-hydrogen) atoms. The number of hydrogen-bond donors (Lipinski definition) is 3. The van der Waals surface area contributed by atoms with E-state index in [9.17, 15) is 29.1 Å². The molecule has 3 amide bonds. The van der Waals surface area contributed by atoms with E-state index in [-0.39, 0.29) is 38.0 Å². The summed E-state index contributed by atoms with van der Waals surface area (Å²) in [6.45, 7) is 4.75. The van der Waals surface area contributed by atoms with Gasteiger partial charge in [0.2, 0.25) is 5.91 Å². The van der Waals surface area contributed by atoms with E-state index in [1.165, 1.54) is 6.20 Å². The zero-order valence-electron chi connectivity index (χ0n) is 35.3. The average Bonchev–Trinajstić information content (AvgIpc) is 3.60. The Morgan fingerprint density at radius 2 is 1.32 bits per heavy atom. The molecular weight excluding hydrogens is 815 g/mol. The van der Waals surface area contributed by atoms with Gasteiger partial charge in [-0.1, -0.05) is 148 Å². The Bertz CT molecular complexity index is 2570. The van der Waals surface area contributed by atoms with Crippen LogP contribution >= 0.6 is 0 Å². The number of nitrogens with one attached hydrogen (secondary N) is 2. The fraction of sp³-hybridized carbons (Fsp3) is 0.224. The average molecular weight is 864 g/mol. The van der Waals surface area contributed by atoms with E-state index in [0.29, 0.717) is 11.1 Å². The summed E-state index contributed by atoms with van der Waals surface area (Å²) in [5, 5.41) is 16.7. The molecule has 0 radical (unpaired) electrons. The van der Waals surface area contributed by atoms with Gasteiger partial charge in [0.25, 0.3) is 14.2 Å². The van der Waals surface area contributed by atoms with E-state index in [1.807, 2.05) is 109 Å². The van der Waals surface area contributed by atoms with Crippen molar-refractivity contribution >= 4 is 48.4 Å². The van der Waals surface area contributed by atoms with Crippen LogP contribution in [0.25, 0.3) is 11.1 Å². The number of amides is 3. The highest BCUT2D eigenvalue weighted by atomic mass is 28.4. The first kappa shape index (κ1) is 43.9. The van der Waals surface area contributed by atoms with Crippen LogP contribution in [0, 0.1) is 0 Å². The van der Waals surface area contributed by atoms with E-state index >= 15 is 0 Å². The number of fused-ring (bicyclic) bond motifs is 3. The van der Waals surface area contributed by atoms with Gasteiger partial charge in [0.05, 0.1) is 6.61 Å². The van der Waals surface area contributed by atoms with Crippen molar-refractivity contribution in [2.75, 3.05) is 31.6 Å². The number of ether oxygens (including phenoxy) is 1. The number of benzene rings is 5. The predicted molar refractivity (Wildman–Crippen MR) is 243 cm³/mol. The molecule has 7 rings (SSSR count). The van der Waals surface area contributed by atoms with Crippen molar-refractivity contribution in [2.45, 2.75) is 44.9 Å². The molecule has 0 atom stereocenters. The number of carbonyl (C=O) groups excluding carboxylic acids is 3. The minimum Gasteiger partial charge on any atom is -0.480 e. The normalized spacial score (nSPS) is 12.2. The molecule has 0 saturated carbocycles. The van der Waals surface area contributed by atoms with Gasteiger partial charge in [-0.15, -0.1) is 0 Å². The van der Waals surface area contributed by atoms with Gasteiger partial charge >= 0.3 is 17.8 Å². The van der Waals surface area contributed by atoms with Crippen molar-refractivity contribution in [1.82, 2.24) is 19.8 Å². The van der Waals surface area contributed by atoms with E-state index in [4.69, 9.17) is 9.16 Å². The Hall–Kier alpha value is -7.16. The topological polar surface area (TPSA) is 169 Å². The predicted octanol–water partition coefficient (Wildman–Crippen LogP) is 6.02. The van der Waals surface area contributed by atoms with Crippen LogP contribution in [-0.4, -0.2) is 78.0 Å². The number of carboxylic acids is 1. The Labute approximate surface area is 366 Å². The number of nitrogens with zero attached hydrogens (tertiary/aromatic N) is 3. The highest BCUT2D eigenvalue weighted by Gasteiger charge is 2.50. The van der Waals surface area contributed by atoms with E-state index in [1.54, 1.807) is 30.3 Å². The Kier molecular flexibility index (Phi) is 13.4. The van der Waals surface area contributed by atoms with Crippen LogP contribution in [-0.2, 0) is 31.9 Å². The molecule has 13 nitrogen and oxygen atoms in total. The number of carbonyl (C=O) groups is 4. The third-order valence-corrected chi connectivity index (χ3v) is 16.2. The molecule has 6 aromatic rings. The van der Waals surface area contributed by atoms with E-state index < -0.39 is 56.0 Å². The minimum atomic E-state index is -3.14. The summed E-state index contributed by atoms with van der Waals surface area (Å²) in [5.74, 6) is -2.69. The monoisotopic (exact) mass is 863 g/mol. The van der Waals surface area contributed by atoms with Crippen molar-refractivity contribution in [3.05, 3.63) is 178 Å². The van der Waals surface area contributed by atoms with Gasteiger partial charge < -0.3 is 29.8 Å². The summed E-state index contributed by atoms with van der Waals surface area (Å²) >= 11 is 0. The van der Waals surface area contributed by atoms with Crippen molar-refractivity contribution in [3.63, 3.8) is 0 Å². The van der Waals surface area contributed by atoms with Gasteiger partial charge in [0.1, 0.15) is 25.5 Å². The lowest BCUT2D eigenvalue weighted by molar-refractivity contribution is -0.144. The molecule has 1 aromatic heterocycles. The number of hydrogen-bond acceptors (Lipinski definition) is 8. The molecule has 1 aliphatic carbocycles. The van der Waals surface area contributed by atoms with Crippen LogP contribution < -0.4 is 26.7 Å². The SMILES string of the molecule is CC(C)(C)[Si](OCc1cn(CC(=O)N(CCNC(=O)OCC2c3ccccc3-c3ccccc32)CC(=O)O)c(=O)nc1NC(=O)c1ccccc1)(c1ccccc1)c1ccccc1.